The van der Waals surface area contributed by atoms with Crippen molar-refractivity contribution in [1.29, 1.82) is 0 Å². The second-order valence-electron chi connectivity index (χ2n) is 0.722. The number of rotatable bonds is 0. The smallest absolute Gasteiger partial charge is 0.582 e. The summed E-state index contributed by atoms with van der Waals surface area (Å²) in [6, 6.07) is 1.78. The fourth-order valence-electron chi connectivity index (χ4n) is 0.192. The molecule has 1 aromatic rings. The summed E-state index contributed by atoms with van der Waals surface area (Å²) in [5.74, 6) is 0. The molecule has 0 radical (unpaired) electrons. The predicted octanol–water partition coefficient (Wildman–Crippen LogP) is -2.96. The second kappa shape index (κ2) is 3.02. The van der Waals surface area contributed by atoms with Crippen molar-refractivity contribution in [2.24, 2.45) is 0 Å². The van der Waals surface area contributed by atoms with Crippen molar-refractivity contribution < 1.29 is 18.9 Å². The van der Waals surface area contributed by atoms with Crippen LogP contribution in [0.15, 0.2) is 18.5 Å². The largest absolute Gasteiger partial charge is 1.00 e. The van der Waals surface area contributed by atoms with Crippen molar-refractivity contribution in [2.45, 2.75) is 0 Å². The molecule has 0 saturated heterocycles. The van der Waals surface area contributed by atoms with E-state index in [0.29, 0.717) is 0 Å². The van der Waals surface area contributed by atoms with Gasteiger partial charge in [0.25, 0.3) is 0 Å². The van der Waals surface area contributed by atoms with Crippen LogP contribution in [0.2, 0.25) is 0 Å². The zero-order chi connectivity index (χ0) is 3.54. The van der Waals surface area contributed by atoms with Gasteiger partial charge in [0.2, 0.25) is 0 Å². The molecular formula is C3H3LiN2. The van der Waals surface area contributed by atoms with Gasteiger partial charge in [-0.2, -0.15) is 6.20 Å². The van der Waals surface area contributed by atoms with Crippen molar-refractivity contribution in [3.63, 3.8) is 0 Å². The zero-order valence-corrected chi connectivity index (χ0v) is 3.63. The topological polar surface area (TPSA) is 27.0 Å². The minimum absolute atomic E-state index is 0. The van der Waals surface area contributed by atoms with E-state index < -0.39 is 0 Å². The Labute approximate surface area is 48.1 Å². The normalized spacial score (nSPS) is 6.67. The average Bonchev–Trinajstić information content (AvgIpc) is 1.76. The Kier molecular flexibility index (Phi) is 2.92. The van der Waals surface area contributed by atoms with Gasteiger partial charge in [-0.25, -0.2) is 0 Å². The first-order valence-electron chi connectivity index (χ1n) is 1.38. The molecule has 0 aliphatic carbocycles. The maximum atomic E-state index is 3.47. The number of nitrogens with zero attached hydrogens (tertiary/aromatic N) is 2. The van der Waals surface area contributed by atoms with Gasteiger partial charge in [-0.3, -0.25) is 0 Å². The van der Waals surface area contributed by atoms with Crippen LogP contribution in [0.5, 0.6) is 0 Å². The molecule has 0 spiro atoms. The van der Waals surface area contributed by atoms with Gasteiger partial charge in [-0.1, -0.05) is 6.07 Å². The molecule has 6 heavy (non-hydrogen) atoms. The summed E-state index contributed by atoms with van der Waals surface area (Å²) >= 11 is 0. The fourth-order valence-corrected chi connectivity index (χ4v) is 0.192. The minimum Gasteiger partial charge on any atom is -0.582 e. The monoisotopic (exact) mass is 74.0 g/mol. The summed E-state index contributed by atoms with van der Waals surface area (Å²) in [5.41, 5.74) is 0. The molecule has 1 heterocycles. The van der Waals surface area contributed by atoms with E-state index in [4.69, 9.17) is 0 Å². The third-order valence-corrected chi connectivity index (χ3v) is 0.372. The SMILES string of the molecule is [Li+].c1cn[n-]c1. The van der Waals surface area contributed by atoms with Gasteiger partial charge in [-0.05, 0) is 0 Å². The summed E-state index contributed by atoms with van der Waals surface area (Å²) < 4.78 is 0. The van der Waals surface area contributed by atoms with Crippen LogP contribution in [-0.4, -0.2) is 5.10 Å². The van der Waals surface area contributed by atoms with E-state index in [9.17, 15) is 0 Å². The van der Waals surface area contributed by atoms with Crippen molar-refractivity contribution in [3.05, 3.63) is 18.5 Å². The average molecular weight is 74.0 g/mol. The maximum Gasteiger partial charge on any atom is 1.00 e. The van der Waals surface area contributed by atoms with E-state index in [0.717, 1.165) is 0 Å². The van der Waals surface area contributed by atoms with E-state index in [1.807, 2.05) is 0 Å². The second-order valence-corrected chi connectivity index (χ2v) is 0.722. The van der Waals surface area contributed by atoms with Gasteiger partial charge in [-0.15, -0.1) is 0 Å². The van der Waals surface area contributed by atoms with Gasteiger partial charge in [0.15, 0.2) is 0 Å². The summed E-state index contributed by atoms with van der Waals surface area (Å²) in [6.45, 7) is 0. The number of hydrogen-bond acceptors (Lipinski definition) is 1. The maximum absolute atomic E-state index is 3.47. The van der Waals surface area contributed by atoms with Crippen molar-refractivity contribution in [2.75, 3.05) is 0 Å². The Bertz CT molecular complexity index is 65.3. The van der Waals surface area contributed by atoms with Crippen molar-refractivity contribution in [1.82, 2.24) is 10.2 Å². The first-order valence-corrected chi connectivity index (χ1v) is 1.38. The summed E-state index contributed by atoms with van der Waals surface area (Å²) in [4.78, 5) is 0. The first-order chi connectivity index (χ1) is 2.50. The first kappa shape index (κ1) is 5.81. The number of aromatic nitrogens is 2. The van der Waals surface area contributed by atoms with Crippen LogP contribution in [0.3, 0.4) is 0 Å². The van der Waals surface area contributed by atoms with E-state index in [2.05, 4.69) is 10.2 Å². The van der Waals surface area contributed by atoms with Crippen LogP contribution in [-0.2, 0) is 0 Å². The summed E-state index contributed by atoms with van der Waals surface area (Å²) in [5, 5.41) is 6.94. The fraction of sp³-hybridized carbons (Fsp3) is 0. The Morgan fingerprint density at radius 3 is 2.50 bits per heavy atom. The van der Waals surface area contributed by atoms with E-state index in [1.54, 1.807) is 18.5 Å². The molecule has 0 saturated carbocycles. The van der Waals surface area contributed by atoms with Crippen LogP contribution in [0.25, 0.3) is 0 Å². The van der Waals surface area contributed by atoms with Crippen molar-refractivity contribution >= 4 is 0 Å². The molecule has 0 atom stereocenters. The van der Waals surface area contributed by atoms with E-state index >= 15 is 0 Å². The van der Waals surface area contributed by atoms with Crippen LogP contribution < -0.4 is 24.0 Å². The molecule has 1 aromatic heterocycles. The third-order valence-electron chi connectivity index (χ3n) is 0.372. The van der Waals surface area contributed by atoms with Crippen molar-refractivity contribution in [3.8, 4) is 0 Å². The summed E-state index contributed by atoms with van der Waals surface area (Å²) in [7, 11) is 0. The van der Waals surface area contributed by atoms with Crippen LogP contribution in [0.4, 0.5) is 0 Å². The van der Waals surface area contributed by atoms with Gasteiger partial charge in [0.1, 0.15) is 0 Å². The minimum atomic E-state index is 0. The molecule has 3 heteroatoms. The molecular weight excluding hydrogens is 71.0 g/mol. The Hall–Kier alpha value is -0.193. The quantitative estimate of drug-likeness (QED) is 0.307. The molecule has 1 rings (SSSR count). The molecule has 0 bridgehead atoms. The third kappa shape index (κ3) is 1.30. The van der Waals surface area contributed by atoms with Gasteiger partial charge >= 0.3 is 18.9 Å². The Morgan fingerprint density at radius 2 is 2.33 bits per heavy atom. The van der Waals surface area contributed by atoms with Gasteiger partial charge in [0.05, 0.1) is 0 Å². The van der Waals surface area contributed by atoms with Crippen LogP contribution in [0, 0.1) is 0 Å². The molecule has 0 N–H and O–H groups in total. The molecule has 26 valence electrons. The van der Waals surface area contributed by atoms with Crippen LogP contribution in [0.1, 0.15) is 0 Å². The Morgan fingerprint density at radius 1 is 1.50 bits per heavy atom. The van der Waals surface area contributed by atoms with Gasteiger partial charge in [0, 0.05) is 6.20 Å². The standard InChI is InChI=1S/C3H3N2.Li/c1-2-4-5-3-1;/h1-3H;/q-1;+1. The predicted molar refractivity (Wildman–Crippen MR) is 17.6 cm³/mol. The zero-order valence-electron chi connectivity index (χ0n) is 3.63. The molecule has 0 unspecified atom stereocenters. The van der Waals surface area contributed by atoms with E-state index in [-0.39, 0.29) is 18.9 Å². The summed E-state index contributed by atoms with van der Waals surface area (Å²) in [6.07, 6.45) is 3.28. The molecule has 0 fully saturated rings. The van der Waals surface area contributed by atoms with Gasteiger partial charge < -0.3 is 10.2 Å². The molecule has 2 nitrogen and oxygen atoms in total. The molecule has 0 aliphatic heterocycles. The van der Waals surface area contributed by atoms with Crippen LogP contribution >= 0.6 is 0 Å². The molecule has 0 aliphatic rings. The van der Waals surface area contributed by atoms with E-state index in [1.165, 1.54) is 0 Å². The Balaban J connectivity index is 0.000000250. The molecule has 0 amide bonds. The number of hydrogen-bond donors (Lipinski definition) is 0. The molecule has 0 aromatic carbocycles.